The molecule has 0 spiro atoms. The molecule has 168 valence electrons. The van der Waals surface area contributed by atoms with Gasteiger partial charge in [0.25, 0.3) is 15.9 Å². The average Bonchev–Trinajstić information content (AvgIpc) is 3.20. The van der Waals surface area contributed by atoms with Crippen molar-refractivity contribution >= 4 is 38.4 Å². The van der Waals surface area contributed by atoms with Crippen molar-refractivity contribution in [1.82, 2.24) is 15.8 Å². The van der Waals surface area contributed by atoms with Crippen molar-refractivity contribution in [1.29, 1.82) is 0 Å². The topological polar surface area (TPSA) is 120 Å². The molecule has 4 N–H and O–H groups in total. The molecule has 0 radical (unpaired) electrons. The van der Waals surface area contributed by atoms with Crippen LogP contribution in [0.15, 0.2) is 83.9 Å². The van der Waals surface area contributed by atoms with Crippen molar-refractivity contribution in [3.8, 4) is 0 Å². The number of hydrogen-bond donors (Lipinski definition) is 4. The van der Waals surface area contributed by atoms with E-state index >= 15 is 0 Å². The molecule has 0 saturated heterocycles. The second-order valence-corrected chi connectivity index (χ2v) is 9.22. The van der Waals surface area contributed by atoms with Gasteiger partial charge in [0.1, 0.15) is 0 Å². The summed E-state index contributed by atoms with van der Waals surface area (Å²) in [5.41, 5.74) is 7.85. The molecule has 4 aromatic rings. The molecule has 0 aliphatic heterocycles. The number of nitrogens with one attached hydrogen (secondary N) is 4. The van der Waals surface area contributed by atoms with E-state index in [1.807, 2.05) is 37.3 Å². The van der Waals surface area contributed by atoms with Crippen molar-refractivity contribution in [3.63, 3.8) is 0 Å². The summed E-state index contributed by atoms with van der Waals surface area (Å²) >= 11 is 0. The first-order valence-electron chi connectivity index (χ1n) is 10.2. The Hall–Kier alpha value is -4.11. The van der Waals surface area contributed by atoms with Gasteiger partial charge in [-0.3, -0.25) is 25.2 Å². The Morgan fingerprint density at radius 1 is 0.909 bits per heavy atom. The van der Waals surface area contributed by atoms with E-state index in [0.29, 0.717) is 5.69 Å². The van der Waals surface area contributed by atoms with Crippen molar-refractivity contribution in [3.05, 3.63) is 95.7 Å². The molecular weight excluding hydrogens is 440 g/mol. The zero-order valence-electron chi connectivity index (χ0n) is 17.8. The number of carbonyl (C=O) groups is 2. The summed E-state index contributed by atoms with van der Waals surface area (Å²) in [5, 5.41) is 0.929. The van der Waals surface area contributed by atoms with Gasteiger partial charge in [-0.15, -0.1) is 0 Å². The summed E-state index contributed by atoms with van der Waals surface area (Å²) in [4.78, 5) is 27.8. The van der Waals surface area contributed by atoms with Crippen molar-refractivity contribution in [2.45, 2.75) is 18.2 Å². The third-order valence-corrected chi connectivity index (χ3v) is 6.40. The number of sulfonamides is 1. The van der Waals surface area contributed by atoms with Crippen LogP contribution in [-0.4, -0.2) is 25.2 Å². The summed E-state index contributed by atoms with van der Waals surface area (Å²) < 4.78 is 27.9. The van der Waals surface area contributed by atoms with E-state index in [1.54, 1.807) is 24.4 Å². The van der Waals surface area contributed by atoms with E-state index in [9.17, 15) is 18.0 Å². The van der Waals surface area contributed by atoms with Crippen molar-refractivity contribution in [2.75, 3.05) is 4.72 Å². The van der Waals surface area contributed by atoms with Crippen LogP contribution in [0.5, 0.6) is 0 Å². The average molecular weight is 463 g/mol. The number of aromatic amines is 1. The van der Waals surface area contributed by atoms with Crippen molar-refractivity contribution in [2.24, 2.45) is 0 Å². The van der Waals surface area contributed by atoms with Crippen LogP contribution >= 0.6 is 0 Å². The minimum atomic E-state index is -3.89. The van der Waals surface area contributed by atoms with Crippen LogP contribution in [0.2, 0.25) is 0 Å². The molecule has 2 amide bonds. The summed E-state index contributed by atoms with van der Waals surface area (Å²) in [6, 6.07) is 20.1. The Morgan fingerprint density at radius 2 is 1.70 bits per heavy atom. The van der Waals surface area contributed by atoms with Crippen LogP contribution in [0.1, 0.15) is 21.5 Å². The van der Waals surface area contributed by atoms with Gasteiger partial charge in [-0.05, 0) is 54.4 Å². The lowest BCUT2D eigenvalue weighted by atomic mass is 10.1. The Balaban J connectivity index is 1.40. The Bertz CT molecular complexity index is 1440. The van der Waals surface area contributed by atoms with Crippen LogP contribution < -0.4 is 15.6 Å². The fourth-order valence-corrected chi connectivity index (χ4v) is 4.52. The number of rotatable bonds is 6. The lowest BCUT2D eigenvalue weighted by Gasteiger charge is -2.11. The largest absolute Gasteiger partial charge is 0.361 e. The van der Waals surface area contributed by atoms with E-state index in [0.717, 1.165) is 22.0 Å². The van der Waals surface area contributed by atoms with Gasteiger partial charge in [0.05, 0.1) is 11.3 Å². The Labute approximate surface area is 191 Å². The molecule has 0 unspecified atom stereocenters. The van der Waals surface area contributed by atoms with Crippen LogP contribution in [0, 0.1) is 6.92 Å². The number of para-hydroxylation sites is 1. The lowest BCUT2D eigenvalue weighted by Crippen LogP contribution is -2.42. The van der Waals surface area contributed by atoms with Gasteiger partial charge in [-0.2, -0.15) is 0 Å². The molecule has 0 fully saturated rings. The molecule has 1 heterocycles. The predicted molar refractivity (Wildman–Crippen MR) is 126 cm³/mol. The second-order valence-electron chi connectivity index (χ2n) is 7.54. The van der Waals surface area contributed by atoms with E-state index in [1.165, 1.54) is 24.3 Å². The van der Waals surface area contributed by atoms with E-state index in [-0.39, 0.29) is 16.9 Å². The minimum Gasteiger partial charge on any atom is -0.361 e. The molecule has 3 aromatic carbocycles. The molecule has 0 saturated carbocycles. The number of carbonyl (C=O) groups excluding carboxylic acids is 2. The maximum absolute atomic E-state index is 12.7. The molecule has 0 aliphatic carbocycles. The molecule has 0 aliphatic rings. The summed E-state index contributed by atoms with van der Waals surface area (Å²) in [7, 11) is -3.89. The van der Waals surface area contributed by atoms with Gasteiger partial charge in [0, 0.05) is 28.4 Å². The number of H-pyrrole nitrogens is 1. The molecule has 9 heteroatoms. The molecule has 4 rings (SSSR count). The summed E-state index contributed by atoms with van der Waals surface area (Å²) in [6.07, 6.45) is 1.82. The highest BCUT2D eigenvalue weighted by Crippen LogP contribution is 2.19. The first-order chi connectivity index (χ1) is 15.8. The maximum atomic E-state index is 12.7. The molecule has 0 bridgehead atoms. The standard InChI is InChI=1S/C24H22N4O4S/c1-16-6-4-8-19(12-16)28-33(31,32)20-9-5-7-17(13-20)24(30)27-26-23(29)14-18-15-25-22-11-3-2-10-21(18)22/h2-13,15,25,28H,14H2,1H3,(H,26,29)(H,27,30). The number of benzene rings is 3. The van der Waals surface area contributed by atoms with Crippen molar-refractivity contribution < 1.29 is 18.0 Å². The highest BCUT2D eigenvalue weighted by Gasteiger charge is 2.17. The van der Waals surface area contributed by atoms with Crippen LogP contribution in [-0.2, 0) is 21.2 Å². The van der Waals surface area contributed by atoms with E-state index in [2.05, 4.69) is 20.6 Å². The fraction of sp³-hybridized carbons (Fsp3) is 0.0833. The highest BCUT2D eigenvalue weighted by molar-refractivity contribution is 7.92. The highest BCUT2D eigenvalue weighted by atomic mass is 32.2. The summed E-state index contributed by atoms with van der Waals surface area (Å²) in [6.45, 7) is 1.86. The van der Waals surface area contributed by atoms with Gasteiger partial charge in [-0.1, -0.05) is 36.4 Å². The number of hydrazine groups is 1. The Kier molecular flexibility index (Phi) is 6.14. The fourth-order valence-electron chi connectivity index (χ4n) is 3.42. The number of anilines is 1. The van der Waals surface area contributed by atoms with Gasteiger partial charge < -0.3 is 4.98 Å². The van der Waals surface area contributed by atoms with Gasteiger partial charge in [0.15, 0.2) is 0 Å². The van der Waals surface area contributed by atoms with Crippen LogP contribution in [0.25, 0.3) is 10.9 Å². The maximum Gasteiger partial charge on any atom is 0.269 e. The minimum absolute atomic E-state index is 0.0678. The van der Waals surface area contributed by atoms with Crippen LogP contribution in [0.3, 0.4) is 0 Å². The second kappa shape index (κ2) is 9.17. The Morgan fingerprint density at radius 3 is 2.52 bits per heavy atom. The first kappa shape index (κ1) is 22.1. The quantitative estimate of drug-likeness (QED) is 0.329. The third-order valence-electron chi connectivity index (χ3n) is 5.02. The monoisotopic (exact) mass is 462 g/mol. The first-order valence-corrected chi connectivity index (χ1v) is 11.6. The molecule has 0 atom stereocenters. The van der Waals surface area contributed by atoms with E-state index in [4.69, 9.17) is 0 Å². The van der Waals surface area contributed by atoms with Crippen LogP contribution in [0.4, 0.5) is 5.69 Å². The number of amides is 2. The van der Waals surface area contributed by atoms with Gasteiger partial charge in [-0.25, -0.2) is 8.42 Å². The zero-order chi connectivity index (χ0) is 23.4. The number of hydrogen-bond acceptors (Lipinski definition) is 4. The third kappa shape index (κ3) is 5.21. The van der Waals surface area contributed by atoms with Gasteiger partial charge >= 0.3 is 0 Å². The smallest absolute Gasteiger partial charge is 0.269 e. The lowest BCUT2D eigenvalue weighted by molar-refractivity contribution is -0.121. The number of fused-ring (bicyclic) bond motifs is 1. The summed E-state index contributed by atoms with van der Waals surface area (Å²) in [5.74, 6) is -1.03. The normalized spacial score (nSPS) is 11.2. The molecule has 8 nitrogen and oxygen atoms in total. The number of aryl methyl sites for hydroxylation is 1. The zero-order valence-corrected chi connectivity index (χ0v) is 18.6. The van der Waals surface area contributed by atoms with E-state index < -0.39 is 21.8 Å². The SMILES string of the molecule is Cc1cccc(NS(=O)(=O)c2cccc(C(=O)NNC(=O)Cc3c[nH]c4ccccc34)c2)c1. The molecule has 33 heavy (non-hydrogen) atoms. The van der Waals surface area contributed by atoms with Gasteiger partial charge in [0.2, 0.25) is 5.91 Å². The molecular formula is C24H22N4O4S. The molecule has 1 aromatic heterocycles. The number of aromatic nitrogens is 1. The predicted octanol–water partition coefficient (Wildman–Crippen LogP) is 3.28.